The molecule has 0 spiro atoms. The van der Waals surface area contributed by atoms with Crippen molar-refractivity contribution in [2.75, 3.05) is 33.4 Å². The monoisotopic (exact) mass is 367 g/mol. The summed E-state index contributed by atoms with van der Waals surface area (Å²) in [5.74, 6) is 0.567. The molecule has 6 nitrogen and oxygen atoms in total. The second-order valence-electron chi connectivity index (χ2n) is 6.68. The molecule has 1 saturated heterocycles. The van der Waals surface area contributed by atoms with E-state index in [1.54, 1.807) is 31.4 Å². The largest absolute Gasteiger partial charge is 0.872 e. The summed E-state index contributed by atoms with van der Waals surface area (Å²) < 4.78 is 16.2. The van der Waals surface area contributed by atoms with Gasteiger partial charge in [0.25, 0.3) is 0 Å². The van der Waals surface area contributed by atoms with Crippen molar-refractivity contribution in [1.29, 1.82) is 0 Å². The summed E-state index contributed by atoms with van der Waals surface area (Å²) in [6.07, 6.45) is 0. The third-order valence-corrected chi connectivity index (χ3v) is 4.97. The van der Waals surface area contributed by atoms with Crippen molar-refractivity contribution >= 4 is 11.0 Å². The van der Waals surface area contributed by atoms with Crippen LogP contribution in [-0.4, -0.2) is 33.4 Å². The maximum absolute atomic E-state index is 12.7. The van der Waals surface area contributed by atoms with E-state index in [1.165, 1.54) is 4.90 Å². The number of ether oxygens (including phenoxy) is 2. The number of hydrogen-bond donors (Lipinski definition) is 1. The van der Waals surface area contributed by atoms with Crippen LogP contribution in [0.3, 0.4) is 0 Å². The fraction of sp³-hybridized carbons (Fsp3) is 0.286. The second-order valence-corrected chi connectivity index (χ2v) is 6.68. The number of fused-ring (bicyclic) bond motifs is 1. The van der Waals surface area contributed by atoms with Crippen molar-refractivity contribution in [2.45, 2.75) is 6.54 Å². The Bertz CT molecular complexity index is 1020. The molecule has 0 bridgehead atoms. The van der Waals surface area contributed by atoms with Crippen molar-refractivity contribution in [1.82, 2.24) is 0 Å². The predicted molar refractivity (Wildman–Crippen MR) is 99.1 cm³/mol. The first-order chi connectivity index (χ1) is 13.2. The third-order valence-electron chi connectivity index (χ3n) is 4.97. The van der Waals surface area contributed by atoms with Crippen LogP contribution < -0.4 is 20.4 Å². The highest BCUT2D eigenvalue weighted by Crippen LogP contribution is 2.28. The fourth-order valence-electron chi connectivity index (χ4n) is 3.47. The van der Waals surface area contributed by atoms with E-state index in [4.69, 9.17) is 13.9 Å². The Balaban J connectivity index is 1.79. The molecule has 0 atom stereocenters. The number of morpholine rings is 1. The van der Waals surface area contributed by atoms with Gasteiger partial charge in [-0.25, -0.2) is 4.79 Å². The van der Waals surface area contributed by atoms with Gasteiger partial charge < -0.3 is 23.9 Å². The van der Waals surface area contributed by atoms with Crippen LogP contribution in [0, 0.1) is 0 Å². The van der Waals surface area contributed by atoms with Crippen LogP contribution in [0.5, 0.6) is 11.5 Å². The normalized spacial score (nSPS) is 15.1. The van der Waals surface area contributed by atoms with Crippen LogP contribution in [-0.2, 0) is 11.3 Å². The number of nitrogens with one attached hydrogen (secondary N) is 1. The van der Waals surface area contributed by atoms with Crippen LogP contribution in [0.25, 0.3) is 22.1 Å². The van der Waals surface area contributed by atoms with Gasteiger partial charge in [-0.15, -0.1) is 0 Å². The number of quaternary nitrogens is 1. The van der Waals surface area contributed by atoms with Crippen LogP contribution in [0.1, 0.15) is 5.56 Å². The molecule has 1 aliphatic heterocycles. The highest BCUT2D eigenvalue weighted by Gasteiger charge is 2.18. The molecular formula is C21H21NO5. The van der Waals surface area contributed by atoms with E-state index in [0.29, 0.717) is 42.2 Å². The average Bonchev–Trinajstić information content (AvgIpc) is 2.71. The van der Waals surface area contributed by atoms with Crippen molar-refractivity contribution in [3.05, 3.63) is 58.4 Å². The summed E-state index contributed by atoms with van der Waals surface area (Å²) in [5.41, 5.74) is 1.65. The molecule has 2 heterocycles. The first-order valence-corrected chi connectivity index (χ1v) is 8.98. The molecule has 0 aliphatic carbocycles. The van der Waals surface area contributed by atoms with E-state index < -0.39 is 5.63 Å². The zero-order chi connectivity index (χ0) is 18.8. The molecule has 0 unspecified atom stereocenters. The zero-order valence-electron chi connectivity index (χ0n) is 15.1. The van der Waals surface area contributed by atoms with Gasteiger partial charge in [0.05, 0.1) is 25.9 Å². The van der Waals surface area contributed by atoms with Gasteiger partial charge in [0.15, 0.2) is 0 Å². The second kappa shape index (κ2) is 7.42. The molecule has 0 radical (unpaired) electrons. The minimum Gasteiger partial charge on any atom is -0.872 e. The smallest absolute Gasteiger partial charge is 0.344 e. The van der Waals surface area contributed by atoms with Crippen LogP contribution in [0.15, 0.2) is 51.7 Å². The molecule has 0 saturated carbocycles. The maximum atomic E-state index is 12.7. The molecule has 1 aromatic heterocycles. The number of benzene rings is 2. The zero-order valence-corrected chi connectivity index (χ0v) is 15.1. The van der Waals surface area contributed by atoms with Gasteiger partial charge in [0, 0.05) is 10.9 Å². The quantitative estimate of drug-likeness (QED) is 0.695. The molecule has 1 fully saturated rings. The van der Waals surface area contributed by atoms with E-state index in [-0.39, 0.29) is 5.75 Å². The number of hydrogen-bond acceptors (Lipinski definition) is 5. The van der Waals surface area contributed by atoms with E-state index in [9.17, 15) is 9.90 Å². The van der Waals surface area contributed by atoms with Gasteiger partial charge in [0.2, 0.25) is 0 Å². The van der Waals surface area contributed by atoms with Crippen molar-refractivity contribution in [3.8, 4) is 22.6 Å². The summed E-state index contributed by atoms with van der Waals surface area (Å²) >= 11 is 0. The van der Waals surface area contributed by atoms with Gasteiger partial charge >= 0.3 is 5.63 Å². The van der Waals surface area contributed by atoms with Gasteiger partial charge in [-0.05, 0) is 23.8 Å². The molecule has 1 aliphatic rings. The summed E-state index contributed by atoms with van der Waals surface area (Å²) in [4.78, 5) is 13.9. The van der Waals surface area contributed by atoms with Gasteiger partial charge in [-0.1, -0.05) is 30.0 Å². The molecule has 6 heteroatoms. The maximum Gasteiger partial charge on any atom is 0.344 e. The van der Waals surface area contributed by atoms with Gasteiger partial charge in [-0.2, -0.15) is 0 Å². The average molecular weight is 367 g/mol. The molecule has 1 N–H and O–H groups in total. The lowest BCUT2D eigenvalue weighted by atomic mass is 10.0. The number of methoxy groups -OCH3 is 1. The fourth-order valence-corrected chi connectivity index (χ4v) is 3.47. The van der Waals surface area contributed by atoms with E-state index in [1.807, 2.05) is 18.2 Å². The summed E-state index contributed by atoms with van der Waals surface area (Å²) in [6, 6.07) is 12.3. The Labute approximate surface area is 156 Å². The Kier molecular flexibility index (Phi) is 4.83. The molecule has 0 amide bonds. The van der Waals surface area contributed by atoms with E-state index in [0.717, 1.165) is 24.0 Å². The van der Waals surface area contributed by atoms with Crippen LogP contribution >= 0.6 is 0 Å². The number of rotatable bonds is 4. The molecule has 3 aromatic rings. The lowest BCUT2D eigenvalue weighted by Crippen LogP contribution is -3.12. The van der Waals surface area contributed by atoms with Crippen molar-refractivity contribution in [3.63, 3.8) is 0 Å². The highest BCUT2D eigenvalue weighted by molar-refractivity contribution is 5.85. The van der Waals surface area contributed by atoms with Crippen LogP contribution in [0.4, 0.5) is 0 Å². The Morgan fingerprint density at radius 1 is 1.15 bits per heavy atom. The summed E-state index contributed by atoms with van der Waals surface area (Å²) in [5, 5.41) is 13.2. The minimum atomic E-state index is -0.459. The van der Waals surface area contributed by atoms with Gasteiger partial charge in [0.1, 0.15) is 31.0 Å². The first-order valence-electron chi connectivity index (χ1n) is 8.98. The van der Waals surface area contributed by atoms with Crippen molar-refractivity contribution in [2.24, 2.45) is 0 Å². The molecule has 2 aromatic carbocycles. The third kappa shape index (κ3) is 3.54. The lowest BCUT2D eigenvalue weighted by molar-refractivity contribution is -0.921. The van der Waals surface area contributed by atoms with Crippen molar-refractivity contribution < 1.29 is 23.9 Å². The molecule has 4 rings (SSSR count). The van der Waals surface area contributed by atoms with E-state index in [2.05, 4.69) is 0 Å². The topological polar surface area (TPSA) is 76.2 Å². The Morgan fingerprint density at radius 3 is 2.74 bits per heavy atom. The SMILES string of the molecule is COc1cccc(-c2cc3ccc([O-])c(C[NH+]4CCOCC4)c3oc2=O)c1. The minimum absolute atomic E-state index is 0.0984. The summed E-state index contributed by atoms with van der Waals surface area (Å²) in [6.45, 7) is 3.56. The standard InChI is InChI=1S/C21H21NO5/c1-25-16-4-2-3-14(11-16)17-12-15-5-6-19(23)18(20(15)27-21(17)24)13-22-7-9-26-10-8-22/h2-6,11-12,23H,7-10,13H2,1H3. The Hall–Kier alpha value is -2.83. The van der Waals surface area contributed by atoms with Gasteiger partial charge in [-0.3, -0.25) is 0 Å². The first kappa shape index (κ1) is 17.6. The molecule has 27 heavy (non-hydrogen) atoms. The molecule has 140 valence electrons. The van der Waals surface area contributed by atoms with Crippen LogP contribution in [0.2, 0.25) is 0 Å². The predicted octanol–water partition coefficient (Wildman–Crippen LogP) is 0.957. The highest BCUT2D eigenvalue weighted by atomic mass is 16.5. The molecular weight excluding hydrogens is 346 g/mol. The Morgan fingerprint density at radius 2 is 1.96 bits per heavy atom. The lowest BCUT2D eigenvalue weighted by Gasteiger charge is -2.26. The summed E-state index contributed by atoms with van der Waals surface area (Å²) in [7, 11) is 1.58. The van der Waals surface area contributed by atoms with E-state index >= 15 is 0 Å².